The lowest BCUT2D eigenvalue weighted by molar-refractivity contribution is -0.142. The molecular weight excluding hydrogens is 368 g/mol. The van der Waals surface area contributed by atoms with Gasteiger partial charge in [-0.05, 0) is 37.3 Å². The molecule has 0 amide bonds. The SMILES string of the molecule is Cc1ccc(C(=O)CCC(=O)OCC(=O)c2ccc3c(c2)OCCCO3)s1. The molecule has 1 aromatic carbocycles. The topological polar surface area (TPSA) is 78.9 Å². The number of benzene rings is 1. The summed E-state index contributed by atoms with van der Waals surface area (Å²) in [6.07, 6.45) is 0.792. The molecule has 7 heteroatoms. The van der Waals surface area contributed by atoms with Crippen LogP contribution in [0.5, 0.6) is 11.5 Å². The lowest BCUT2D eigenvalue weighted by atomic mass is 10.1. The van der Waals surface area contributed by atoms with Crippen LogP contribution in [0.15, 0.2) is 30.3 Å². The fraction of sp³-hybridized carbons (Fsp3) is 0.350. The summed E-state index contributed by atoms with van der Waals surface area (Å²) in [6.45, 7) is 2.64. The first kappa shape index (κ1) is 19.1. The number of hydrogen-bond donors (Lipinski definition) is 0. The number of esters is 1. The molecule has 0 aliphatic carbocycles. The number of aryl methyl sites for hydroxylation is 1. The van der Waals surface area contributed by atoms with Gasteiger partial charge >= 0.3 is 5.97 Å². The average Bonchev–Trinajstić information content (AvgIpc) is 2.97. The van der Waals surface area contributed by atoms with Gasteiger partial charge in [0.1, 0.15) is 0 Å². The second-order valence-corrected chi connectivity index (χ2v) is 7.42. The third-order valence-corrected chi connectivity index (χ3v) is 5.05. The number of ketones is 2. The van der Waals surface area contributed by atoms with Gasteiger partial charge < -0.3 is 14.2 Å². The summed E-state index contributed by atoms with van der Waals surface area (Å²) in [6, 6.07) is 8.51. The zero-order valence-electron chi connectivity index (χ0n) is 15.0. The molecule has 0 bridgehead atoms. The van der Waals surface area contributed by atoms with Crippen molar-refractivity contribution in [1.82, 2.24) is 0 Å². The van der Waals surface area contributed by atoms with Crippen molar-refractivity contribution in [2.24, 2.45) is 0 Å². The quantitative estimate of drug-likeness (QED) is 0.533. The molecule has 1 aliphatic heterocycles. The van der Waals surface area contributed by atoms with Crippen LogP contribution in [-0.4, -0.2) is 37.4 Å². The van der Waals surface area contributed by atoms with E-state index >= 15 is 0 Å². The molecule has 0 fully saturated rings. The minimum absolute atomic E-state index is 0.0514. The van der Waals surface area contributed by atoms with Gasteiger partial charge in [-0.25, -0.2) is 0 Å². The molecule has 0 radical (unpaired) electrons. The van der Waals surface area contributed by atoms with Crippen molar-refractivity contribution in [3.05, 3.63) is 45.6 Å². The maximum Gasteiger partial charge on any atom is 0.306 e. The van der Waals surface area contributed by atoms with Gasteiger partial charge in [0.2, 0.25) is 0 Å². The van der Waals surface area contributed by atoms with E-state index in [4.69, 9.17) is 14.2 Å². The summed E-state index contributed by atoms with van der Waals surface area (Å²) >= 11 is 1.40. The second-order valence-electron chi connectivity index (χ2n) is 6.13. The highest BCUT2D eigenvalue weighted by molar-refractivity contribution is 7.14. The molecule has 2 aromatic rings. The van der Waals surface area contributed by atoms with E-state index in [1.807, 2.05) is 13.0 Å². The summed E-state index contributed by atoms with van der Waals surface area (Å²) < 4.78 is 16.1. The van der Waals surface area contributed by atoms with Gasteiger partial charge in [-0.2, -0.15) is 0 Å². The number of hydrogen-bond acceptors (Lipinski definition) is 7. The Labute approximate surface area is 161 Å². The molecule has 0 saturated heterocycles. The van der Waals surface area contributed by atoms with Gasteiger partial charge in [0, 0.05) is 23.3 Å². The Balaban J connectivity index is 1.48. The van der Waals surface area contributed by atoms with E-state index in [9.17, 15) is 14.4 Å². The Hall–Kier alpha value is -2.67. The molecular formula is C20H20O6S. The van der Waals surface area contributed by atoms with Crippen molar-refractivity contribution in [3.8, 4) is 11.5 Å². The third-order valence-electron chi connectivity index (χ3n) is 4.01. The maximum absolute atomic E-state index is 12.2. The molecule has 1 aromatic heterocycles. The van der Waals surface area contributed by atoms with Crippen LogP contribution < -0.4 is 9.47 Å². The number of thiophene rings is 1. The van der Waals surface area contributed by atoms with Crippen molar-refractivity contribution >= 4 is 28.9 Å². The summed E-state index contributed by atoms with van der Waals surface area (Å²) in [5.74, 6) is 0.114. The second kappa shape index (κ2) is 8.81. The summed E-state index contributed by atoms with van der Waals surface area (Å²) in [5.41, 5.74) is 0.386. The molecule has 6 nitrogen and oxygen atoms in total. The van der Waals surface area contributed by atoms with Crippen LogP contribution in [0.2, 0.25) is 0 Å². The highest BCUT2D eigenvalue weighted by atomic mass is 32.1. The summed E-state index contributed by atoms with van der Waals surface area (Å²) in [4.78, 5) is 37.7. The molecule has 3 rings (SSSR count). The minimum Gasteiger partial charge on any atom is -0.490 e. The van der Waals surface area contributed by atoms with Crippen LogP contribution in [0.3, 0.4) is 0 Å². The van der Waals surface area contributed by atoms with Crippen LogP contribution in [0.25, 0.3) is 0 Å². The maximum atomic E-state index is 12.2. The number of rotatable bonds is 7. The monoisotopic (exact) mass is 388 g/mol. The van der Waals surface area contributed by atoms with Gasteiger partial charge in [-0.3, -0.25) is 14.4 Å². The van der Waals surface area contributed by atoms with Crippen LogP contribution in [0.4, 0.5) is 0 Å². The molecule has 27 heavy (non-hydrogen) atoms. The van der Waals surface area contributed by atoms with E-state index in [0.717, 1.165) is 11.3 Å². The first-order chi connectivity index (χ1) is 13.0. The molecule has 1 aliphatic rings. The van der Waals surface area contributed by atoms with E-state index in [-0.39, 0.29) is 31.0 Å². The molecule has 0 N–H and O–H groups in total. The van der Waals surface area contributed by atoms with E-state index in [1.54, 1.807) is 24.3 Å². The molecule has 0 spiro atoms. The molecule has 2 heterocycles. The van der Waals surface area contributed by atoms with Crippen molar-refractivity contribution in [2.75, 3.05) is 19.8 Å². The molecule has 142 valence electrons. The fourth-order valence-corrected chi connectivity index (χ4v) is 3.40. The standard InChI is InChI=1S/C20H20O6S/c1-13-3-7-19(27-13)15(21)5-8-20(23)26-12-16(22)14-4-6-17-18(11-14)25-10-2-9-24-17/h3-4,6-7,11H,2,5,8-10,12H2,1H3. The summed E-state index contributed by atoms with van der Waals surface area (Å²) in [5, 5.41) is 0. The van der Waals surface area contributed by atoms with E-state index in [2.05, 4.69) is 0 Å². The van der Waals surface area contributed by atoms with Crippen LogP contribution in [0.1, 0.15) is 44.2 Å². The van der Waals surface area contributed by atoms with Crippen LogP contribution >= 0.6 is 11.3 Å². The highest BCUT2D eigenvalue weighted by Crippen LogP contribution is 2.30. The van der Waals surface area contributed by atoms with E-state index < -0.39 is 5.97 Å². The number of carbonyl (C=O) groups is 3. The van der Waals surface area contributed by atoms with Gasteiger partial charge in [0.05, 0.1) is 24.5 Å². The van der Waals surface area contributed by atoms with Gasteiger partial charge in [0.15, 0.2) is 29.7 Å². The van der Waals surface area contributed by atoms with Crippen LogP contribution in [0, 0.1) is 6.92 Å². The first-order valence-corrected chi connectivity index (χ1v) is 9.52. The Morgan fingerprint density at radius 2 is 1.78 bits per heavy atom. The Morgan fingerprint density at radius 1 is 1.00 bits per heavy atom. The number of fused-ring (bicyclic) bond motifs is 1. The van der Waals surface area contributed by atoms with Crippen molar-refractivity contribution in [1.29, 1.82) is 0 Å². The van der Waals surface area contributed by atoms with E-state index in [0.29, 0.717) is 35.2 Å². The molecule has 0 saturated carbocycles. The number of Topliss-reactive ketones (excluding diaryl/α,β-unsaturated/α-hetero) is 2. The van der Waals surface area contributed by atoms with Gasteiger partial charge in [-0.1, -0.05) is 0 Å². The number of ether oxygens (including phenoxy) is 3. The fourth-order valence-electron chi connectivity index (χ4n) is 2.56. The van der Waals surface area contributed by atoms with Gasteiger partial charge in [-0.15, -0.1) is 11.3 Å². The largest absolute Gasteiger partial charge is 0.490 e. The zero-order chi connectivity index (χ0) is 19.2. The zero-order valence-corrected chi connectivity index (χ0v) is 15.8. The predicted octanol–water partition coefficient (Wildman–Crippen LogP) is 3.61. The van der Waals surface area contributed by atoms with Crippen molar-refractivity contribution in [3.63, 3.8) is 0 Å². The third kappa shape index (κ3) is 5.17. The number of carbonyl (C=O) groups excluding carboxylic acids is 3. The van der Waals surface area contributed by atoms with Crippen LogP contribution in [-0.2, 0) is 9.53 Å². The van der Waals surface area contributed by atoms with Gasteiger partial charge in [0.25, 0.3) is 0 Å². The average molecular weight is 388 g/mol. The predicted molar refractivity (Wildman–Crippen MR) is 100.0 cm³/mol. The Kier molecular flexibility index (Phi) is 6.24. The normalized spacial score (nSPS) is 12.9. The smallest absolute Gasteiger partial charge is 0.306 e. The molecule has 0 atom stereocenters. The van der Waals surface area contributed by atoms with E-state index in [1.165, 1.54) is 11.3 Å². The lowest BCUT2D eigenvalue weighted by Gasteiger charge is -2.09. The molecule has 0 unspecified atom stereocenters. The van der Waals surface area contributed by atoms with Crippen molar-refractivity contribution < 1.29 is 28.6 Å². The Morgan fingerprint density at radius 3 is 2.52 bits per heavy atom. The minimum atomic E-state index is -0.570. The van der Waals surface area contributed by atoms with Crippen molar-refractivity contribution in [2.45, 2.75) is 26.2 Å². The highest BCUT2D eigenvalue weighted by Gasteiger charge is 2.16. The summed E-state index contributed by atoms with van der Waals surface area (Å²) in [7, 11) is 0. The lowest BCUT2D eigenvalue weighted by Crippen LogP contribution is -2.15. The Bertz CT molecular complexity index is 854. The first-order valence-electron chi connectivity index (χ1n) is 8.71.